The zero-order valence-corrected chi connectivity index (χ0v) is 7.51. The molecule has 2 N–H and O–H groups in total. The molecule has 0 unspecified atom stereocenters. The van der Waals surface area contributed by atoms with Crippen LogP contribution < -0.4 is 5.73 Å². The van der Waals surface area contributed by atoms with Crippen molar-refractivity contribution in [2.75, 3.05) is 6.54 Å². The minimum atomic E-state index is 0.206. The highest BCUT2D eigenvalue weighted by Crippen LogP contribution is 2.47. The zero-order chi connectivity index (χ0) is 8.60. The highest BCUT2D eigenvalue weighted by molar-refractivity contribution is 6.30. The SMILES string of the molecule is NCC1(c2cncc(Cl)c2)CC1. The Morgan fingerprint density at radius 2 is 2.25 bits per heavy atom. The van der Waals surface area contributed by atoms with E-state index in [1.807, 2.05) is 12.3 Å². The van der Waals surface area contributed by atoms with Gasteiger partial charge in [-0.25, -0.2) is 0 Å². The third-order valence-electron chi connectivity index (χ3n) is 2.56. The molecule has 0 radical (unpaired) electrons. The van der Waals surface area contributed by atoms with Crippen LogP contribution in [0.15, 0.2) is 18.5 Å². The average Bonchev–Trinajstić information content (AvgIpc) is 2.84. The van der Waals surface area contributed by atoms with E-state index in [4.69, 9.17) is 17.3 Å². The summed E-state index contributed by atoms with van der Waals surface area (Å²) in [5, 5.41) is 0.701. The summed E-state index contributed by atoms with van der Waals surface area (Å²) in [6, 6.07) is 1.97. The van der Waals surface area contributed by atoms with E-state index in [1.54, 1.807) is 6.20 Å². The maximum absolute atomic E-state index is 5.83. The molecular formula is C9H11ClN2. The van der Waals surface area contributed by atoms with Gasteiger partial charge in [-0.15, -0.1) is 0 Å². The van der Waals surface area contributed by atoms with Gasteiger partial charge in [0.2, 0.25) is 0 Å². The fourth-order valence-corrected chi connectivity index (χ4v) is 1.64. The third-order valence-corrected chi connectivity index (χ3v) is 2.77. The number of nitrogens with two attached hydrogens (primary N) is 1. The van der Waals surface area contributed by atoms with Crippen LogP contribution in [0.5, 0.6) is 0 Å². The molecule has 0 saturated heterocycles. The van der Waals surface area contributed by atoms with E-state index in [1.165, 1.54) is 18.4 Å². The first-order chi connectivity index (χ1) is 5.77. The largest absolute Gasteiger partial charge is 0.330 e. The van der Waals surface area contributed by atoms with Crippen LogP contribution in [0, 0.1) is 0 Å². The van der Waals surface area contributed by atoms with Crippen LogP contribution in [0.25, 0.3) is 0 Å². The van der Waals surface area contributed by atoms with Crippen molar-refractivity contribution in [1.82, 2.24) is 4.98 Å². The van der Waals surface area contributed by atoms with Crippen molar-refractivity contribution in [2.24, 2.45) is 5.73 Å². The number of rotatable bonds is 2. The average molecular weight is 183 g/mol. The molecule has 12 heavy (non-hydrogen) atoms. The van der Waals surface area contributed by atoms with Gasteiger partial charge in [-0.3, -0.25) is 4.98 Å². The Hall–Kier alpha value is -0.600. The molecule has 1 aliphatic rings. The second-order valence-corrected chi connectivity index (χ2v) is 3.81. The van der Waals surface area contributed by atoms with Gasteiger partial charge >= 0.3 is 0 Å². The van der Waals surface area contributed by atoms with Gasteiger partial charge in [-0.2, -0.15) is 0 Å². The van der Waals surface area contributed by atoms with Crippen LogP contribution in [0.2, 0.25) is 5.02 Å². The molecule has 0 aliphatic heterocycles. The highest BCUT2D eigenvalue weighted by atomic mass is 35.5. The summed E-state index contributed by atoms with van der Waals surface area (Å²) in [6.07, 6.45) is 5.86. The lowest BCUT2D eigenvalue weighted by Crippen LogP contribution is -2.19. The van der Waals surface area contributed by atoms with Gasteiger partial charge in [0.1, 0.15) is 0 Å². The first-order valence-electron chi connectivity index (χ1n) is 4.08. The first kappa shape index (κ1) is 8.02. The van der Waals surface area contributed by atoms with Gasteiger partial charge in [-0.1, -0.05) is 11.6 Å². The monoisotopic (exact) mass is 182 g/mol. The van der Waals surface area contributed by atoms with Gasteiger partial charge in [0, 0.05) is 24.4 Å². The summed E-state index contributed by atoms with van der Waals surface area (Å²) < 4.78 is 0. The lowest BCUT2D eigenvalue weighted by Gasteiger charge is -2.11. The molecule has 2 nitrogen and oxygen atoms in total. The second-order valence-electron chi connectivity index (χ2n) is 3.38. The molecule has 3 heteroatoms. The number of aromatic nitrogens is 1. The van der Waals surface area contributed by atoms with Gasteiger partial charge in [-0.05, 0) is 24.5 Å². The third kappa shape index (κ3) is 1.21. The molecule has 0 spiro atoms. The lowest BCUT2D eigenvalue weighted by atomic mass is 9.98. The fourth-order valence-electron chi connectivity index (χ4n) is 1.46. The molecule has 0 bridgehead atoms. The molecule has 1 aromatic heterocycles. The summed E-state index contributed by atoms with van der Waals surface area (Å²) >= 11 is 5.83. The molecule has 2 rings (SSSR count). The standard InChI is InChI=1S/C9H11ClN2/c10-8-3-7(4-12-5-8)9(6-11)1-2-9/h3-5H,1-2,6,11H2. The van der Waals surface area contributed by atoms with Crippen molar-refractivity contribution in [3.63, 3.8) is 0 Å². The van der Waals surface area contributed by atoms with Crippen molar-refractivity contribution in [2.45, 2.75) is 18.3 Å². The zero-order valence-electron chi connectivity index (χ0n) is 6.76. The maximum atomic E-state index is 5.83. The molecule has 1 saturated carbocycles. The van der Waals surface area contributed by atoms with E-state index in [0.29, 0.717) is 11.6 Å². The minimum absolute atomic E-state index is 0.206. The second kappa shape index (κ2) is 2.71. The number of nitrogens with zero attached hydrogens (tertiary/aromatic N) is 1. The van der Waals surface area contributed by atoms with Crippen LogP contribution in [0.1, 0.15) is 18.4 Å². The number of pyridine rings is 1. The van der Waals surface area contributed by atoms with Gasteiger partial charge in [0.05, 0.1) is 5.02 Å². The van der Waals surface area contributed by atoms with Gasteiger partial charge in [0.25, 0.3) is 0 Å². The van der Waals surface area contributed by atoms with Crippen LogP contribution in [-0.2, 0) is 5.41 Å². The van der Waals surface area contributed by atoms with Crippen LogP contribution in [0.4, 0.5) is 0 Å². The van der Waals surface area contributed by atoms with Crippen LogP contribution >= 0.6 is 11.6 Å². The Kier molecular flexibility index (Phi) is 1.81. The van der Waals surface area contributed by atoms with Crippen LogP contribution in [0.3, 0.4) is 0 Å². The van der Waals surface area contributed by atoms with E-state index in [-0.39, 0.29) is 5.41 Å². The normalized spacial score (nSPS) is 19.2. The number of halogens is 1. The Morgan fingerprint density at radius 3 is 2.75 bits per heavy atom. The van der Waals surface area contributed by atoms with Crippen molar-refractivity contribution >= 4 is 11.6 Å². The Bertz CT molecular complexity index is 294. The Balaban J connectivity index is 2.34. The fraction of sp³-hybridized carbons (Fsp3) is 0.444. The maximum Gasteiger partial charge on any atom is 0.0592 e. The molecule has 0 atom stereocenters. The smallest absolute Gasteiger partial charge is 0.0592 e. The minimum Gasteiger partial charge on any atom is -0.330 e. The molecule has 1 aromatic rings. The Morgan fingerprint density at radius 1 is 1.50 bits per heavy atom. The molecular weight excluding hydrogens is 172 g/mol. The molecule has 1 heterocycles. The van der Waals surface area contributed by atoms with Crippen molar-refractivity contribution in [3.8, 4) is 0 Å². The predicted molar refractivity (Wildman–Crippen MR) is 49.2 cm³/mol. The summed E-state index contributed by atoms with van der Waals surface area (Å²) in [4.78, 5) is 4.05. The predicted octanol–water partition coefficient (Wildman–Crippen LogP) is 1.73. The van der Waals surface area contributed by atoms with E-state index in [9.17, 15) is 0 Å². The quantitative estimate of drug-likeness (QED) is 0.757. The van der Waals surface area contributed by atoms with Crippen molar-refractivity contribution < 1.29 is 0 Å². The van der Waals surface area contributed by atoms with E-state index in [2.05, 4.69) is 4.98 Å². The molecule has 1 fully saturated rings. The summed E-state index contributed by atoms with van der Waals surface area (Å²) in [5.41, 5.74) is 7.08. The number of hydrogen-bond donors (Lipinski definition) is 1. The molecule has 0 amide bonds. The molecule has 1 aliphatic carbocycles. The lowest BCUT2D eigenvalue weighted by molar-refractivity contribution is 0.701. The first-order valence-corrected chi connectivity index (χ1v) is 4.46. The van der Waals surface area contributed by atoms with Gasteiger partial charge in [0.15, 0.2) is 0 Å². The topological polar surface area (TPSA) is 38.9 Å². The van der Waals surface area contributed by atoms with Gasteiger partial charge < -0.3 is 5.73 Å². The summed E-state index contributed by atoms with van der Waals surface area (Å²) in [6.45, 7) is 0.703. The number of hydrogen-bond acceptors (Lipinski definition) is 2. The van der Waals surface area contributed by atoms with E-state index in [0.717, 1.165) is 0 Å². The van der Waals surface area contributed by atoms with E-state index < -0.39 is 0 Å². The summed E-state index contributed by atoms with van der Waals surface area (Å²) in [5.74, 6) is 0. The Labute approximate surface area is 76.7 Å². The highest BCUT2D eigenvalue weighted by Gasteiger charge is 2.43. The summed E-state index contributed by atoms with van der Waals surface area (Å²) in [7, 11) is 0. The van der Waals surface area contributed by atoms with Crippen LogP contribution in [-0.4, -0.2) is 11.5 Å². The molecule has 64 valence electrons. The van der Waals surface area contributed by atoms with Crippen molar-refractivity contribution in [3.05, 3.63) is 29.0 Å². The van der Waals surface area contributed by atoms with E-state index >= 15 is 0 Å². The van der Waals surface area contributed by atoms with Crippen molar-refractivity contribution in [1.29, 1.82) is 0 Å². The molecule has 0 aromatic carbocycles.